The van der Waals surface area contributed by atoms with Crippen LogP contribution in [0.2, 0.25) is 0 Å². The zero-order valence-electron chi connectivity index (χ0n) is 13.8. The summed E-state index contributed by atoms with van der Waals surface area (Å²) in [5.74, 6) is 1.32. The van der Waals surface area contributed by atoms with E-state index in [0.717, 1.165) is 13.5 Å². The molecule has 0 unspecified atom stereocenters. The van der Waals surface area contributed by atoms with E-state index < -0.39 is 0 Å². The van der Waals surface area contributed by atoms with Gasteiger partial charge in [-0.05, 0) is 52.3 Å². The maximum absolute atomic E-state index is 12.9. The van der Waals surface area contributed by atoms with E-state index in [1.165, 1.54) is 32.7 Å². The van der Waals surface area contributed by atoms with Gasteiger partial charge in [-0.15, -0.1) is 22.7 Å². The summed E-state index contributed by atoms with van der Waals surface area (Å²) >= 11 is 6.57. The summed E-state index contributed by atoms with van der Waals surface area (Å²) in [6.45, 7) is 0. The summed E-state index contributed by atoms with van der Waals surface area (Å²) < 4.78 is 17.0. The van der Waals surface area contributed by atoms with Gasteiger partial charge in [0, 0.05) is 15.3 Å². The van der Waals surface area contributed by atoms with Gasteiger partial charge in [0.25, 0.3) is 0 Å². The van der Waals surface area contributed by atoms with Gasteiger partial charge in [-0.25, -0.2) is 0 Å². The van der Waals surface area contributed by atoms with Crippen LogP contribution >= 0.6 is 38.6 Å². The fraction of sp³-hybridized carbons (Fsp3) is 0.167. The van der Waals surface area contributed by atoms with Crippen molar-refractivity contribution in [3.63, 3.8) is 0 Å². The van der Waals surface area contributed by atoms with Crippen molar-refractivity contribution >= 4 is 44.4 Å². The van der Waals surface area contributed by atoms with E-state index in [9.17, 15) is 4.79 Å². The van der Waals surface area contributed by atoms with Crippen molar-refractivity contribution in [1.82, 2.24) is 0 Å². The third-order valence-electron chi connectivity index (χ3n) is 3.57. The topological polar surface area (TPSA) is 44.8 Å². The predicted octanol–water partition coefficient (Wildman–Crippen LogP) is 5.50. The smallest absolute Gasteiger partial charge is 0.203 e. The van der Waals surface area contributed by atoms with Crippen LogP contribution in [0.4, 0.5) is 0 Å². The molecule has 0 saturated carbocycles. The molecule has 3 rings (SSSR count). The Morgan fingerprint density at radius 1 is 0.880 bits per heavy atom. The highest BCUT2D eigenvalue weighted by Gasteiger charge is 2.19. The average molecular weight is 439 g/mol. The number of carbonyl (C=O) groups excluding carboxylic acids is 1. The maximum atomic E-state index is 12.9. The molecular formula is C18H15BrO4S2. The minimum atomic E-state index is -0.0777. The number of ether oxygens (including phenoxy) is 3. The summed E-state index contributed by atoms with van der Waals surface area (Å²) in [5.41, 5.74) is 0.496. The predicted molar refractivity (Wildman–Crippen MR) is 105 cm³/mol. The second-order valence-electron chi connectivity index (χ2n) is 5.01. The molecule has 0 saturated heterocycles. The lowest BCUT2D eigenvalue weighted by Gasteiger charge is -2.13. The molecule has 0 N–H and O–H groups in total. The highest BCUT2D eigenvalue weighted by Crippen LogP contribution is 2.40. The molecule has 3 aromatic rings. The van der Waals surface area contributed by atoms with Crippen molar-refractivity contribution in [2.45, 2.75) is 0 Å². The molecule has 0 aliphatic carbocycles. The standard InChI is InChI=1S/C18H15BrO4S2/c1-21-11-8-10(9-12(22-2)18(11)23-3)17(20)15-5-4-13(24-15)14-6-7-16(19)25-14/h4-9H,1-3H3. The second-order valence-corrected chi connectivity index (χ2v) is 8.56. The van der Waals surface area contributed by atoms with Crippen LogP contribution < -0.4 is 14.2 Å². The Hall–Kier alpha value is -1.83. The fourth-order valence-corrected chi connectivity index (χ4v) is 4.84. The maximum Gasteiger partial charge on any atom is 0.203 e. The summed E-state index contributed by atoms with van der Waals surface area (Å²) in [6, 6.07) is 11.2. The van der Waals surface area contributed by atoms with E-state index in [1.54, 1.807) is 23.5 Å². The van der Waals surface area contributed by atoms with Crippen LogP contribution in [0.3, 0.4) is 0 Å². The van der Waals surface area contributed by atoms with Crippen molar-refractivity contribution in [3.8, 4) is 27.0 Å². The van der Waals surface area contributed by atoms with Gasteiger partial charge in [-0.1, -0.05) is 0 Å². The van der Waals surface area contributed by atoms with E-state index >= 15 is 0 Å². The van der Waals surface area contributed by atoms with E-state index in [-0.39, 0.29) is 5.78 Å². The second kappa shape index (κ2) is 7.59. The highest BCUT2D eigenvalue weighted by atomic mass is 79.9. The highest BCUT2D eigenvalue weighted by molar-refractivity contribution is 9.11. The summed E-state index contributed by atoms with van der Waals surface area (Å²) in [7, 11) is 4.60. The average Bonchev–Trinajstić information content (AvgIpc) is 3.28. The zero-order valence-corrected chi connectivity index (χ0v) is 17.0. The van der Waals surface area contributed by atoms with Gasteiger partial charge >= 0.3 is 0 Å². The number of hydrogen-bond acceptors (Lipinski definition) is 6. The normalized spacial score (nSPS) is 10.6. The number of rotatable bonds is 6. The number of hydrogen-bond donors (Lipinski definition) is 0. The molecule has 1 aromatic carbocycles. The summed E-state index contributed by atoms with van der Waals surface area (Å²) in [5, 5.41) is 0. The molecule has 25 heavy (non-hydrogen) atoms. The minimum absolute atomic E-state index is 0.0777. The van der Waals surface area contributed by atoms with E-state index in [1.807, 2.05) is 24.3 Å². The van der Waals surface area contributed by atoms with Crippen molar-refractivity contribution in [2.24, 2.45) is 0 Å². The molecule has 0 aliphatic heterocycles. The number of methoxy groups -OCH3 is 3. The Morgan fingerprint density at radius 3 is 2.00 bits per heavy atom. The Kier molecular flexibility index (Phi) is 5.46. The first-order valence-corrected chi connectivity index (χ1v) is 9.70. The van der Waals surface area contributed by atoms with Gasteiger partial charge in [0.05, 0.1) is 30.0 Å². The first-order valence-electron chi connectivity index (χ1n) is 7.27. The molecule has 0 aliphatic rings. The lowest BCUT2D eigenvalue weighted by molar-refractivity contribution is 0.104. The quantitative estimate of drug-likeness (QED) is 0.476. The molecular weight excluding hydrogens is 424 g/mol. The first kappa shape index (κ1) is 18.0. The number of ketones is 1. The lowest BCUT2D eigenvalue weighted by Crippen LogP contribution is -2.02. The number of benzene rings is 1. The van der Waals surface area contributed by atoms with Crippen LogP contribution in [0.5, 0.6) is 17.2 Å². The largest absolute Gasteiger partial charge is 0.493 e. The van der Waals surface area contributed by atoms with E-state index in [0.29, 0.717) is 27.7 Å². The molecule has 2 heterocycles. The van der Waals surface area contributed by atoms with E-state index in [4.69, 9.17) is 14.2 Å². The molecule has 7 heteroatoms. The van der Waals surface area contributed by atoms with Crippen molar-refractivity contribution in [2.75, 3.05) is 21.3 Å². The van der Waals surface area contributed by atoms with Crippen LogP contribution in [-0.2, 0) is 0 Å². The Morgan fingerprint density at radius 2 is 1.48 bits per heavy atom. The Labute approximate surface area is 162 Å². The third kappa shape index (κ3) is 3.58. The lowest BCUT2D eigenvalue weighted by atomic mass is 10.1. The monoisotopic (exact) mass is 438 g/mol. The third-order valence-corrected chi connectivity index (χ3v) is 6.48. The SMILES string of the molecule is COc1cc(C(=O)c2ccc(-c3ccc(Br)s3)s2)cc(OC)c1OC. The molecule has 0 bridgehead atoms. The fourth-order valence-electron chi connectivity index (χ4n) is 2.39. The molecule has 2 aromatic heterocycles. The van der Waals surface area contributed by atoms with Crippen molar-refractivity contribution < 1.29 is 19.0 Å². The zero-order chi connectivity index (χ0) is 18.0. The van der Waals surface area contributed by atoms with Crippen molar-refractivity contribution in [1.29, 1.82) is 0 Å². The van der Waals surface area contributed by atoms with Gasteiger partial charge < -0.3 is 14.2 Å². The van der Waals surface area contributed by atoms with Gasteiger partial charge in [0.2, 0.25) is 11.5 Å². The van der Waals surface area contributed by atoms with Crippen LogP contribution in [0.15, 0.2) is 40.2 Å². The van der Waals surface area contributed by atoms with Gasteiger partial charge in [-0.2, -0.15) is 0 Å². The summed E-state index contributed by atoms with van der Waals surface area (Å²) in [4.78, 5) is 15.7. The molecule has 0 spiro atoms. The van der Waals surface area contributed by atoms with Crippen molar-refractivity contribution in [3.05, 3.63) is 50.6 Å². The molecule has 0 amide bonds. The van der Waals surface area contributed by atoms with Crippen LogP contribution in [0, 0.1) is 0 Å². The molecule has 130 valence electrons. The number of carbonyl (C=O) groups is 1. The Balaban J connectivity index is 1.97. The Bertz CT molecular complexity index is 888. The minimum Gasteiger partial charge on any atom is -0.493 e. The molecule has 0 radical (unpaired) electrons. The molecule has 4 nitrogen and oxygen atoms in total. The molecule has 0 atom stereocenters. The number of thiophene rings is 2. The van der Waals surface area contributed by atoms with Crippen LogP contribution in [-0.4, -0.2) is 27.1 Å². The first-order chi connectivity index (χ1) is 12.1. The van der Waals surface area contributed by atoms with E-state index in [2.05, 4.69) is 15.9 Å². The number of halogens is 1. The molecule has 0 fully saturated rings. The van der Waals surface area contributed by atoms with Crippen LogP contribution in [0.1, 0.15) is 15.2 Å². The van der Waals surface area contributed by atoms with Gasteiger partial charge in [0.15, 0.2) is 11.5 Å². The van der Waals surface area contributed by atoms with Gasteiger partial charge in [-0.3, -0.25) is 4.79 Å². The van der Waals surface area contributed by atoms with Gasteiger partial charge in [0.1, 0.15) is 0 Å². The summed E-state index contributed by atoms with van der Waals surface area (Å²) in [6.07, 6.45) is 0. The van der Waals surface area contributed by atoms with Crippen LogP contribution in [0.25, 0.3) is 9.75 Å².